The lowest BCUT2D eigenvalue weighted by Gasteiger charge is -2.34. The monoisotopic (exact) mass is 372 g/mol. The Kier molecular flexibility index (Phi) is 3.25. The number of aryl methyl sites for hydroxylation is 1. The van der Waals surface area contributed by atoms with Crippen molar-refractivity contribution in [3.63, 3.8) is 0 Å². The van der Waals surface area contributed by atoms with Crippen molar-refractivity contribution in [1.29, 1.82) is 0 Å². The highest BCUT2D eigenvalue weighted by Crippen LogP contribution is 2.39. The third kappa shape index (κ3) is 2.45. The molecule has 138 valence electrons. The highest BCUT2D eigenvalue weighted by atomic mass is 19.4. The van der Waals surface area contributed by atoms with Crippen LogP contribution in [-0.2, 0) is 6.18 Å². The van der Waals surface area contributed by atoms with Crippen LogP contribution in [-0.4, -0.2) is 37.9 Å². The quantitative estimate of drug-likeness (QED) is 0.581. The van der Waals surface area contributed by atoms with Gasteiger partial charge in [0.2, 0.25) is 0 Å². The molecule has 4 heterocycles. The molecule has 0 amide bonds. The number of pyridine rings is 1. The lowest BCUT2D eigenvalue weighted by atomic mass is 9.99. The fraction of sp³-hybridized carbons (Fsp3) is 0.278. The zero-order chi connectivity index (χ0) is 18.8. The minimum Gasteiger partial charge on any atom is -0.371 e. The van der Waals surface area contributed by atoms with Crippen LogP contribution in [0.4, 0.5) is 18.9 Å². The molecular weight excluding hydrogens is 357 g/mol. The largest absolute Gasteiger partial charge is 0.453 e. The molecule has 1 saturated heterocycles. The zero-order valence-electron chi connectivity index (χ0n) is 14.4. The summed E-state index contributed by atoms with van der Waals surface area (Å²) in [5.41, 5.74) is 4.41. The highest BCUT2D eigenvalue weighted by Gasteiger charge is 2.37. The SMILES string of the molecule is Cc1cc(-c2c(N3CCC3)ccn3nc(C(F)(F)F)nc23)cc2cn[nH]c12. The Morgan fingerprint density at radius 2 is 2.00 bits per heavy atom. The topological polar surface area (TPSA) is 62.1 Å². The number of aromatic amines is 1. The van der Waals surface area contributed by atoms with E-state index in [1.165, 1.54) is 10.7 Å². The van der Waals surface area contributed by atoms with Crippen LogP contribution in [0.2, 0.25) is 0 Å². The Balaban J connectivity index is 1.82. The Hall–Kier alpha value is -3.10. The van der Waals surface area contributed by atoms with Crippen LogP contribution < -0.4 is 4.90 Å². The van der Waals surface area contributed by atoms with Crippen molar-refractivity contribution in [3.05, 3.63) is 42.0 Å². The molecular formula is C18H15F3N6. The predicted molar refractivity (Wildman–Crippen MR) is 94.6 cm³/mol. The second-order valence-electron chi connectivity index (χ2n) is 6.75. The summed E-state index contributed by atoms with van der Waals surface area (Å²) in [6.07, 6.45) is -0.284. The molecule has 0 atom stereocenters. The molecule has 0 spiro atoms. The minimum atomic E-state index is -4.59. The number of nitrogens with one attached hydrogen (secondary N) is 1. The highest BCUT2D eigenvalue weighted by molar-refractivity contribution is 5.95. The summed E-state index contributed by atoms with van der Waals surface area (Å²) in [5, 5.41) is 11.5. The number of alkyl halides is 3. The van der Waals surface area contributed by atoms with Crippen molar-refractivity contribution in [1.82, 2.24) is 24.8 Å². The maximum absolute atomic E-state index is 13.2. The summed E-state index contributed by atoms with van der Waals surface area (Å²) in [6, 6.07) is 5.68. The molecule has 1 aliphatic heterocycles. The van der Waals surface area contributed by atoms with Gasteiger partial charge in [0.1, 0.15) is 0 Å². The second-order valence-corrected chi connectivity index (χ2v) is 6.75. The zero-order valence-corrected chi connectivity index (χ0v) is 14.4. The van der Waals surface area contributed by atoms with Gasteiger partial charge in [-0.2, -0.15) is 18.3 Å². The summed E-state index contributed by atoms with van der Waals surface area (Å²) in [5.74, 6) is -1.13. The van der Waals surface area contributed by atoms with E-state index in [2.05, 4.69) is 25.2 Å². The smallest absolute Gasteiger partial charge is 0.371 e. The van der Waals surface area contributed by atoms with Gasteiger partial charge in [-0.1, -0.05) is 0 Å². The first-order chi connectivity index (χ1) is 12.9. The number of halogens is 3. The molecule has 0 radical (unpaired) electrons. The van der Waals surface area contributed by atoms with Gasteiger partial charge in [0.15, 0.2) is 5.65 Å². The summed E-state index contributed by atoms with van der Waals surface area (Å²) >= 11 is 0. The lowest BCUT2D eigenvalue weighted by molar-refractivity contribution is -0.144. The van der Waals surface area contributed by atoms with Crippen LogP contribution in [0.1, 0.15) is 17.8 Å². The van der Waals surface area contributed by atoms with E-state index in [0.717, 1.165) is 47.2 Å². The number of hydrogen-bond donors (Lipinski definition) is 1. The molecule has 5 rings (SSSR count). The van der Waals surface area contributed by atoms with Gasteiger partial charge in [0, 0.05) is 35.9 Å². The van der Waals surface area contributed by atoms with Crippen LogP contribution in [0, 0.1) is 6.92 Å². The third-order valence-electron chi connectivity index (χ3n) is 4.97. The molecule has 1 N–H and O–H groups in total. The summed E-state index contributed by atoms with van der Waals surface area (Å²) in [4.78, 5) is 5.98. The summed E-state index contributed by atoms with van der Waals surface area (Å²) < 4.78 is 40.7. The van der Waals surface area contributed by atoms with Crippen molar-refractivity contribution in [2.24, 2.45) is 0 Å². The van der Waals surface area contributed by atoms with Crippen LogP contribution in [0.5, 0.6) is 0 Å². The number of rotatable bonds is 2. The Bertz CT molecular complexity index is 1170. The molecule has 1 fully saturated rings. The Labute approximate surface area is 151 Å². The average Bonchev–Trinajstić information content (AvgIpc) is 3.18. The molecule has 1 aliphatic rings. The van der Waals surface area contributed by atoms with Crippen molar-refractivity contribution in [3.8, 4) is 11.1 Å². The van der Waals surface area contributed by atoms with E-state index >= 15 is 0 Å². The van der Waals surface area contributed by atoms with E-state index in [4.69, 9.17) is 0 Å². The Morgan fingerprint density at radius 1 is 1.19 bits per heavy atom. The number of fused-ring (bicyclic) bond motifs is 2. The molecule has 3 aromatic heterocycles. The minimum absolute atomic E-state index is 0.203. The number of hydrogen-bond acceptors (Lipinski definition) is 4. The van der Waals surface area contributed by atoms with E-state index in [0.29, 0.717) is 5.56 Å². The molecule has 0 bridgehead atoms. The van der Waals surface area contributed by atoms with Crippen molar-refractivity contribution in [2.75, 3.05) is 18.0 Å². The van der Waals surface area contributed by atoms with E-state index in [9.17, 15) is 13.2 Å². The number of nitrogens with zero attached hydrogens (tertiary/aromatic N) is 5. The van der Waals surface area contributed by atoms with Gasteiger partial charge in [-0.25, -0.2) is 9.50 Å². The number of anilines is 1. The molecule has 9 heteroatoms. The summed E-state index contributed by atoms with van der Waals surface area (Å²) in [7, 11) is 0. The van der Waals surface area contributed by atoms with E-state index in [1.54, 1.807) is 6.20 Å². The second kappa shape index (κ2) is 5.45. The van der Waals surface area contributed by atoms with E-state index in [-0.39, 0.29) is 5.65 Å². The third-order valence-corrected chi connectivity index (χ3v) is 4.97. The summed E-state index contributed by atoms with van der Waals surface area (Å²) in [6.45, 7) is 3.69. The molecule has 0 saturated carbocycles. The van der Waals surface area contributed by atoms with Crippen LogP contribution in [0.15, 0.2) is 30.6 Å². The molecule has 0 unspecified atom stereocenters. The van der Waals surface area contributed by atoms with Crippen LogP contribution >= 0.6 is 0 Å². The molecule has 27 heavy (non-hydrogen) atoms. The van der Waals surface area contributed by atoms with E-state index in [1.807, 2.05) is 25.1 Å². The molecule has 1 aromatic carbocycles. The number of H-pyrrole nitrogens is 1. The van der Waals surface area contributed by atoms with Gasteiger partial charge in [0.25, 0.3) is 5.82 Å². The first-order valence-corrected chi connectivity index (χ1v) is 8.57. The van der Waals surface area contributed by atoms with Crippen LogP contribution in [0.3, 0.4) is 0 Å². The standard InChI is InChI=1S/C18H15F3N6/c1-10-7-11(8-12-9-22-24-15(10)12)14-13(26-4-2-5-26)3-6-27-16(14)23-17(25-27)18(19,20)21/h3,6-9H,2,4-5H2,1H3,(H,22,24). The lowest BCUT2D eigenvalue weighted by Crippen LogP contribution is -2.37. The maximum atomic E-state index is 13.2. The van der Waals surface area contributed by atoms with Gasteiger partial charge in [-0.15, -0.1) is 5.10 Å². The fourth-order valence-electron chi connectivity index (χ4n) is 3.53. The fourth-order valence-corrected chi connectivity index (χ4v) is 3.53. The number of benzene rings is 1. The van der Waals surface area contributed by atoms with Gasteiger partial charge in [0.05, 0.1) is 11.7 Å². The first kappa shape index (κ1) is 16.1. The van der Waals surface area contributed by atoms with Gasteiger partial charge in [-0.3, -0.25) is 5.10 Å². The van der Waals surface area contributed by atoms with Crippen molar-refractivity contribution < 1.29 is 13.2 Å². The molecule has 4 aromatic rings. The normalized spacial score (nSPS) is 14.9. The molecule has 0 aliphatic carbocycles. The predicted octanol–water partition coefficient (Wildman–Crippen LogP) is 3.81. The average molecular weight is 372 g/mol. The van der Waals surface area contributed by atoms with Gasteiger partial charge >= 0.3 is 6.18 Å². The maximum Gasteiger partial charge on any atom is 0.453 e. The van der Waals surface area contributed by atoms with Crippen molar-refractivity contribution >= 4 is 22.2 Å². The van der Waals surface area contributed by atoms with Gasteiger partial charge in [-0.05, 0) is 42.7 Å². The number of aromatic nitrogens is 5. The van der Waals surface area contributed by atoms with Crippen LogP contribution in [0.25, 0.3) is 27.7 Å². The molecule has 6 nitrogen and oxygen atoms in total. The first-order valence-electron chi connectivity index (χ1n) is 8.57. The Morgan fingerprint density at radius 3 is 2.70 bits per heavy atom. The van der Waals surface area contributed by atoms with Gasteiger partial charge < -0.3 is 4.90 Å². The van der Waals surface area contributed by atoms with E-state index < -0.39 is 12.0 Å². The van der Waals surface area contributed by atoms with Crippen molar-refractivity contribution in [2.45, 2.75) is 19.5 Å².